The van der Waals surface area contributed by atoms with Gasteiger partial charge in [-0.1, -0.05) is 30.8 Å². The number of carbonyl (C=O) groups excluding carboxylic acids is 2. The summed E-state index contributed by atoms with van der Waals surface area (Å²) in [6, 6.07) is 18.5. The molecule has 2 aromatic carbocycles. The number of aryl methyl sites for hydroxylation is 1. The normalized spacial score (nSPS) is 14.0. The molecular weight excluding hydrogens is 442 g/mol. The number of anilines is 1. The number of hydrogen-bond donors (Lipinski definition) is 2. The van der Waals surface area contributed by atoms with E-state index < -0.39 is 5.91 Å². The second-order valence-corrected chi connectivity index (χ2v) is 8.40. The van der Waals surface area contributed by atoms with E-state index in [1.54, 1.807) is 6.07 Å². The van der Waals surface area contributed by atoms with Crippen molar-refractivity contribution in [2.45, 2.75) is 25.8 Å². The van der Waals surface area contributed by atoms with Crippen molar-refractivity contribution in [2.75, 3.05) is 11.9 Å². The van der Waals surface area contributed by atoms with Crippen LogP contribution in [0.25, 0.3) is 27.9 Å². The molecular formula is C27H25N5O3. The number of nitrogens with one attached hydrogen (secondary N) is 1. The number of nitrogens with two attached hydrogens (primary N) is 1. The number of benzene rings is 2. The highest BCUT2D eigenvalue weighted by Crippen LogP contribution is 2.31. The van der Waals surface area contributed by atoms with Gasteiger partial charge < -0.3 is 15.0 Å². The van der Waals surface area contributed by atoms with Crippen LogP contribution in [0.15, 0.2) is 67.2 Å². The molecule has 0 saturated heterocycles. The molecule has 3 N–H and O–H groups in total. The second-order valence-electron chi connectivity index (χ2n) is 8.40. The second kappa shape index (κ2) is 9.42. The fourth-order valence-corrected chi connectivity index (χ4v) is 4.19. The molecule has 8 nitrogen and oxygen atoms in total. The van der Waals surface area contributed by atoms with E-state index in [2.05, 4.69) is 21.9 Å². The molecule has 5 rings (SSSR count). The van der Waals surface area contributed by atoms with Gasteiger partial charge in [-0.25, -0.2) is 9.97 Å². The number of carbonyl (C=O) groups is 2. The van der Waals surface area contributed by atoms with Gasteiger partial charge >= 0.3 is 0 Å². The molecule has 1 aliphatic heterocycles. The summed E-state index contributed by atoms with van der Waals surface area (Å²) in [6.07, 6.45) is 2.74. The first kappa shape index (κ1) is 22.3. The Morgan fingerprint density at radius 1 is 1.03 bits per heavy atom. The number of para-hydroxylation sites is 3. The van der Waals surface area contributed by atoms with Gasteiger partial charge in [-0.2, -0.15) is 0 Å². The molecule has 2 bridgehead atoms. The summed E-state index contributed by atoms with van der Waals surface area (Å²) in [5.41, 5.74) is 8.97. The highest BCUT2D eigenvalue weighted by atomic mass is 16.5. The summed E-state index contributed by atoms with van der Waals surface area (Å²) < 4.78 is 8.11. The molecule has 0 aliphatic carbocycles. The van der Waals surface area contributed by atoms with Crippen LogP contribution in [0.5, 0.6) is 5.75 Å². The van der Waals surface area contributed by atoms with Crippen LogP contribution in [-0.4, -0.2) is 33.0 Å². The lowest BCUT2D eigenvalue weighted by atomic mass is 10.0. The molecule has 35 heavy (non-hydrogen) atoms. The Kier molecular flexibility index (Phi) is 6.01. The van der Waals surface area contributed by atoms with E-state index >= 15 is 0 Å². The van der Waals surface area contributed by atoms with Gasteiger partial charge in [0.15, 0.2) is 0 Å². The molecule has 0 radical (unpaired) electrons. The van der Waals surface area contributed by atoms with Gasteiger partial charge in [0.1, 0.15) is 5.75 Å². The Bertz CT molecular complexity index is 1460. The van der Waals surface area contributed by atoms with E-state index in [4.69, 9.17) is 10.5 Å². The summed E-state index contributed by atoms with van der Waals surface area (Å²) in [5, 5.41) is 2.96. The average Bonchev–Trinajstić information content (AvgIpc) is 3.21. The fourth-order valence-electron chi connectivity index (χ4n) is 4.19. The van der Waals surface area contributed by atoms with E-state index in [0.717, 1.165) is 30.3 Å². The van der Waals surface area contributed by atoms with Gasteiger partial charge in [0.2, 0.25) is 11.9 Å². The molecule has 0 spiro atoms. The van der Waals surface area contributed by atoms with Crippen LogP contribution in [0.4, 0.5) is 5.95 Å². The molecule has 0 saturated carbocycles. The number of hydrogen-bond acceptors (Lipinski definition) is 5. The van der Waals surface area contributed by atoms with E-state index in [1.807, 2.05) is 53.1 Å². The first-order valence-corrected chi connectivity index (χ1v) is 11.5. The Morgan fingerprint density at radius 2 is 1.83 bits per heavy atom. The van der Waals surface area contributed by atoms with Crippen molar-refractivity contribution < 1.29 is 14.3 Å². The van der Waals surface area contributed by atoms with Crippen LogP contribution in [0.1, 0.15) is 35.3 Å². The quantitative estimate of drug-likeness (QED) is 0.424. The number of amides is 2. The van der Waals surface area contributed by atoms with Gasteiger partial charge in [0.05, 0.1) is 34.6 Å². The zero-order valence-corrected chi connectivity index (χ0v) is 19.2. The number of aromatic nitrogens is 3. The van der Waals surface area contributed by atoms with Crippen LogP contribution < -0.4 is 15.8 Å². The van der Waals surface area contributed by atoms with Crippen molar-refractivity contribution in [3.63, 3.8) is 0 Å². The third-order valence-electron chi connectivity index (χ3n) is 6.02. The van der Waals surface area contributed by atoms with Crippen LogP contribution in [0, 0.1) is 0 Å². The molecule has 8 heteroatoms. The zero-order valence-electron chi connectivity index (χ0n) is 19.2. The van der Waals surface area contributed by atoms with Crippen LogP contribution >= 0.6 is 0 Å². The van der Waals surface area contributed by atoms with Crippen molar-refractivity contribution in [3.8, 4) is 17.0 Å². The highest BCUT2D eigenvalue weighted by Gasteiger charge is 2.19. The van der Waals surface area contributed by atoms with Gasteiger partial charge in [0.25, 0.3) is 5.91 Å². The van der Waals surface area contributed by atoms with Crippen molar-refractivity contribution >= 4 is 34.4 Å². The molecule has 0 fully saturated rings. The minimum absolute atomic E-state index is 0.0180. The number of ether oxygens (including phenoxy) is 1. The minimum atomic E-state index is -0.710. The number of primary amides is 1. The summed E-state index contributed by atoms with van der Waals surface area (Å²) in [6.45, 7) is 5.02. The van der Waals surface area contributed by atoms with Crippen molar-refractivity contribution in [1.29, 1.82) is 0 Å². The number of rotatable bonds is 2. The van der Waals surface area contributed by atoms with E-state index in [9.17, 15) is 9.59 Å². The topological polar surface area (TPSA) is 112 Å². The maximum Gasteiger partial charge on any atom is 0.258 e. The number of pyridine rings is 1. The maximum absolute atomic E-state index is 13.4. The summed E-state index contributed by atoms with van der Waals surface area (Å²) >= 11 is 0. The molecule has 2 aromatic heterocycles. The standard InChI is InChI=1S/C27H25N5O3/c1-17(25(28)33)21-15-18-16-22(29-21)19-9-3-6-12-24(19)35-14-8-2-7-13-32-23-11-5-4-10-20(23)30-27(32)31-26(18)34/h3-6,9-12,15-16H,1-2,7-8,13-14H2,(H2,28,33)(H,30,31,34). The minimum Gasteiger partial charge on any atom is -0.493 e. The fraction of sp³-hybridized carbons (Fsp3) is 0.185. The predicted octanol–water partition coefficient (Wildman–Crippen LogP) is 4.41. The molecule has 4 aromatic rings. The van der Waals surface area contributed by atoms with Gasteiger partial charge in [-0.15, -0.1) is 0 Å². The lowest BCUT2D eigenvalue weighted by Gasteiger charge is -2.13. The van der Waals surface area contributed by atoms with Gasteiger partial charge in [-0.05, 0) is 55.7 Å². The van der Waals surface area contributed by atoms with Crippen LogP contribution in [-0.2, 0) is 11.3 Å². The summed E-state index contributed by atoms with van der Waals surface area (Å²) in [5.74, 6) is 0.0357. The van der Waals surface area contributed by atoms with Crippen LogP contribution in [0.2, 0.25) is 0 Å². The van der Waals surface area contributed by atoms with Crippen molar-refractivity contribution in [3.05, 3.63) is 78.5 Å². The number of imidazole rings is 1. The Balaban J connectivity index is 1.65. The molecule has 0 atom stereocenters. The van der Waals surface area contributed by atoms with E-state index in [-0.39, 0.29) is 17.2 Å². The van der Waals surface area contributed by atoms with Crippen molar-refractivity contribution in [1.82, 2.24) is 14.5 Å². The lowest BCUT2D eigenvalue weighted by Crippen LogP contribution is -2.18. The molecule has 0 unspecified atom stereocenters. The molecule has 2 amide bonds. The predicted molar refractivity (Wildman–Crippen MR) is 135 cm³/mol. The average molecular weight is 468 g/mol. The van der Waals surface area contributed by atoms with Gasteiger partial charge in [-0.3, -0.25) is 14.9 Å². The lowest BCUT2D eigenvalue weighted by molar-refractivity contribution is -0.112. The van der Waals surface area contributed by atoms with E-state index in [1.165, 1.54) is 6.07 Å². The zero-order chi connectivity index (χ0) is 24.4. The molecule has 3 heterocycles. The monoisotopic (exact) mass is 467 g/mol. The first-order chi connectivity index (χ1) is 17.0. The third-order valence-corrected chi connectivity index (χ3v) is 6.02. The Morgan fingerprint density at radius 3 is 2.69 bits per heavy atom. The van der Waals surface area contributed by atoms with E-state index in [0.29, 0.717) is 41.7 Å². The first-order valence-electron chi connectivity index (χ1n) is 11.5. The maximum atomic E-state index is 13.4. The number of nitrogens with zero attached hydrogens (tertiary/aromatic N) is 3. The molecule has 1 aliphatic rings. The SMILES string of the molecule is C=C(C(N)=O)c1cc2cc(n1)-c1ccccc1OCCCCCn1c(nc3ccccc31)NC2=O. The number of fused-ring (bicyclic) bond motifs is 7. The van der Waals surface area contributed by atoms with Crippen molar-refractivity contribution in [2.24, 2.45) is 5.73 Å². The summed E-state index contributed by atoms with van der Waals surface area (Å²) in [7, 11) is 0. The third kappa shape index (κ3) is 4.50. The molecule has 176 valence electrons. The smallest absolute Gasteiger partial charge is 0.258 e. The van der Waals surface area contributed by atoms with Crippen LogP contribution in [0.3, 0.4) is 0 Å². The largest absolute Gasteiger partial charge is 0.493 e. The summed E-state index contributed by atoms with van der Waals surface area (Å²) in [4.78, 5) is 34.5. The Hall–Kier alpha value is -4.46. The van der Waals surface area contributed by atoms with Gasteiger partial charge in [0, 0.05) is 17.7 Å². The Labute approximate surface area is 202 Å². The highest BCUT2D eigenvalue weighted by molar-refractivity contribution is 6.18.